The molecule has 0 aliphatic carbocycles. The van der Waals surface area contributed by atoms with Crippen molar-refractivity contribution in [3.63, 3.8) is 0 Å². The van der Waals surface area contributed by atoms with Crippen molar-refractivity contribution in [2.45, 2.75) is 27.3 Å². The van der Waals surface area contributed by atoms with Crippen LogP contribution in [0.5, 0.6) is 0 Å². The summed E-state index contributed by atoms with van der Waals surface area (Å²) in [5, 5.41) is 4.67. The van der Waals surface area contributed by atoms with Gasteiger partial charge in [-0.05, 0) is 37.7 Å². The molecule has 3 heteroatoms. The van der Waals surface area contributed by atoms with Crippen molar-refractivity contribution in [1.29, 1.82) is 0 Å². The molecule has 1 aromatic heterocycles. The molecule has 0 atom stereocenters. The molecule has 2 aromatic rings. The van der Waals surface area contributed by atoms with Crippen LogP contribution >= 0.6 is 0 Å². The highest BCUT2D eigenvalue weighted by Gasteiger charge is 2.08. The summed E-state index contributed by atoms with van der Waals surface area (Å²) in [6.07, 6.45) is 0. The van der Waals surface area contributed by atoms with Gasteiger partial charge in [0.1, 0.15) is 0 Å². The summed E-state index contributed by atoms with van der Waals surface area (Å²) in [6.45, 7) is 11.7. The highest BCUT2D eigenvalue weighted by molar-refractivity contribution is 5.82. The van der Waals surface area contributed by atoms with Gasteiger partial charge in [0.05, 0.1) is 5.52 Å². The minimum Gasteiger partial charge on any atom is -0.316 e. The third kappa shape index (κ3) is 3.78. The van der Waals surface area contributed by atoms with Gasteiger partial charge < -0.3 is 5.32 Å². The van der Waals surface area contributed by atoms with Gasteiger partial charge >= 0.3 is 0 Å². The Morgan fingerprint density at radius 1 is 1.20 bits per heavy atom. The second kappa shape index (κ2) is 7.36. The Bertz CT molecular complexity index is 551. The lowest BCUT2D eigenvalue weighted by atomic mass is 10.1. The Labute approximate surface area is 122 Å². The van der Waals surface area contributed by atoms with E-state index in [4.69, 9.17) is 0 Å². The van der Waals surface area contributed by atoms with Crippen LogP contribution in [0.2, 0.25) is 0 Å². The zero-order valence-electron chi connectivity index (χ0n) is 12.8. The van der Waals surface area contributed by atoms with E-state index in [1.807, 2.05) is 0 Å². The van der Waals surface area contributed by atoms with Crippen molar-refractivity contribution in [2.75, 3.05) is 26.2 Å². The first kappa shape index (κ1) is 14.9. The van der Waals surface area contributed by atoms with Crippen LogP contribution in [0.15, 0.2) is 30.3 Å². The molecule has 0 amide bonds. The average Bonchev–Trinajstić information content (AvgIpc) is 2.46. The summed E-state index contributed by atoms with van der Waals surface area (Å²) in [4.78, 5) is 7.09. The van der Waals surface area contributed by atoms with Gasteiger partial charge in [0.15, 0.2) is 0 Å². The molecule has 2 rings (SSSR count). The molecule has 0 spiro atoms. The quantitative estimate of drug-likeness (QED) is 0.785. The number of fused-ring (bicyclic) bond motifs is 1. The third-order valence-corrected chi connectivity index (χ3v) is 3.63. The number of rotatable bonds is 7. The molecule has 1 heterocycles. The summed E-state index contributed by atoms with van der Waals surface area (Å²) >= 11 is 0. The van der Waals surface area contributed by atoms with Crippen molar-refractivity contribution in [1.82, 2.24) is 15.2 Å². The standard InChI is InChI=1S/C17H25N3/c1-4-18-10-11-20(5-2)13-15-12-14(3)19-17-9-7-6-8-16(15)17/h6-9,12,18H,4-5,10-11,13H2,1-3H3. The van der Waals surface area contributed by atoms with E-state index < -0.39 is 0 Å². The molecular formula is C17H25N3. The summed E-state index contributed by atoms with van der Waals surface area (Å²) in [7, 11) is 0. The van der Waals surface area contributed by atoms with Crippen molar-refractivity contribution in [2.24, 2.45) is 0 Å². The Kier molecular flexibility index (Phi) is 5.50. The van der Waals surface area contributed by atoms with E-state index in [1.165, 1.54) is 10.9 Å². The SMILES string of the molecule is CCNCCN(CC)Cc1cc(C)nc2ccccc12. The molecule has 108 valence electrons. The number of nitrogens with one attached hydrogen (secondary N) is 1. The van der Waals surface area contributed by atoms with Gasteiger partial charge in [0.2, 0.25) is 0 Å². The smallest absolute Gasteiger partial charge is 0.0708 e. The first-order chi connectivity index (χ1) is 9.74. The fourth-order valence-electron chi connectivity index (χ4n) is 2.53. The molecule has 0 unspecified atom stereocenters. The topological polar surface area (TPSA) is 28.2 Å². The van der Waals surface area contributed by atoms with Crippen LogP contribution in [-0.4, -0.2) is 36.1 Å². The number of benzene rings is 1. The van der Waals surface area contributed by atoms with Crippen LogP contribution in [0, 0.1) is 6.92 Å². The first-order valence-electron chi connectivity index (χ1n) is 7.53. The van der Waals surface area contributed by atoms with Crippen LogP contribution < -0.4 is 5.32 Å². The molecule has 0 aliphatic rings. The summed E-state index contributed by atoms with van der Waals surface area (Å²) in [6, 6.07) is 10.6. The van der Waals surface area contributed by atoms with E-state index in [0.717, 1.165) is 43.9 Å². The van der Waals surface area contributed by atoms with Gasteiger partial charge in [-0.15, -0.1) is 0 Å². The Morgan fingerprint density at radius 3 is 2.75 bits per heavy atom. The number of nitrogens with zero attached hydrogens (tertiary/aromatic N) is 2. The maximum absolute atomic E-state index is 4.61. The van der Waals surface area contributed by atoms with E-state index in [-0.39, 0.29) is 0 Å². The van der Waals surface area contributed by atoms with E-state index in [9.17, 15) is 0 Å². The number of para-hydroxylation sites is 1. The molecule has 0 fully saturated rings. The Morgan fingerprint density at radius 2 is 2.00 bits per heavy atom. The number of hydrogen-bond donors (Lipinski definition) is 1. The third-order valence-electron chi connectivity index (χ3n) is 3.63. The number of pyridine rings is 1. The molecular weight excluding hydrogens is 246 g/mol. The molecule has 0 bridgehead atoms. The van der Waals surface area contributed by atoms with Crippen LogP contribution in [0.1, 0.15) is 25.1 Å². The molecule has 0 saturated heterocycles. The Balaban J connectivity index is 2.18. The van der Waals surface area contributed by atoms with Crippen LogP contribution in [0.25, 0.3) is 10.9 Å². The number of aromatic nitrogens is 1. The van der Waals surface area contributed by atoms with Gasteiger partial charge in [-0.1, -0.05) is 32.0 Å². The normalized spacial score (nSPS) is 11.4. The van der Waals surface area contributed by atoms with Gasteiger partial charge in [-0.25, -0.2) is 0 Å². The molecule has 1 aromatic carbocycles. The van der Waals surface area contributed by atoms with Crippen molar-refractivity contribution in [3.05, 3.63) is 41.6 Å². The monoisotopic (exact) mass is 271 g/mol. The highest BCUT2D eigenvalue weighted by Crippen LogP contribution is 2.19. The van der Waals surface area contributed by atoms with Crippen LogP contribution in [-0.2, 0) is 6.54 Å². The Hall–Kier alpha value is -1.45. The summed E-state index contributed by atoms with van der Waals surface area (Å²) in [5.41, 5.74) is 3.58. The van der Waals surface area contributed by atoms with Crippen LogP contribution in [0.3, 0.4) is 0 Å². The molecule has 20 heavy (non-hydrogen) atoms. The fourth-order valence-corrected chi connectivity index (χ4v) is 2.53. The zero-order chi connectivity index (χ0) is 14.4. The fraction of sp³-hybridized carbons (Fsp3) is 0.471. The van der Waals surface area contributed by atoms with Crippen molar-refractivity contribution in [3.8, 4) is 0 Å². The predicted molar refractivity (Wildman–Crippen MR) is 86.0 cm³/mol. The highest BCUT2D eigenvalue weighted by atomic mass is 15.1. The lowest BCUT2D eigenvalue weighted by Crippen LogP contribution is -2.31. The van der Waals surface area contributed by atoms with E-state index in [1.54, 1.807) is 0 Å². The average molecular weight is 271 g/mol. The summed E-state index contributed by atoms with van der Waals surface area (Å²) < 4.78 is 0. The first-order valence-corrected chi connectivity index (χ1v) is 7.53. The lowest BCUT2D eigenvalue weighted by Gasteiger charge is -2.21. The van der Waals surface area contributed by atoms with Gasteiger partial charge in [0, 0.05) is 30.7 Å². The maximum atomic E-state index is 4.61. The largest absolute Gasteiger partial charge is 0.316 e. The molecule has 0 radical (unpaired) electrons. The van der Waals surface area contributed by atoms with Gasteiger partial charge in [-0.3, -0.25) is 9.88 Å². The summed E-state index contributed by atoms with van der Waals surface area (Å²) in [5.74, 6) is 0. The lowest BCUT2D eigenvalue weighted by molar-refractivity contribution is 0.281. The second-order valence-electron chi connectivity index (χ2n) is 5.16. The molecule has 0 saturated carbocycles. The van der Waals surface area contributed by atoms with Crippen molar-refractivity contribution < 1.29 is 0 Å². The minimum absolute atomic E-state index is 0.992. The van der Waals surface area contributed by atoms with E-state index in [0.29, 0.717) is 0 Å². The van der Waals surface area contributed by atoms with Gasteiger partial charge in [0.25, 0.3) is 0 Å². The zero-order valence-corrected chi connectivity index (χ0v) is 12.8. The minimum atomic E-state index is 0.992. The molecule has 1 N–H and O–H groups in total. The second-order valence-corrected chi connectivity index (χ2v) is 5.16. The number of aryl methyl sites for hydroxylation is 1. The number of likely N-dealkylation sites (N-methyl/N-ethyl adjacent to an activating group) is 2. The predicted octanol–water partition coefficient (Wildman–Crippen LogP) is 2.97. The molecule has 3 nitrogen and oxygen atoms in total. The van der Waals surface area contributed by atoms with Gasteiger partial charge in [-0.2, -0.15) is 0 Å². The number of hydrogen-bond acceptors (Lipinski definition) is 3. The van der Waals surface area contributed by atoms with Crippen LogP contribution in [0.4, 0.5) is 0 Å². The van der Waals surface area contributed by atoms with E-state index in [2.05, 4.69) is 66.3 Å². The maximum Gasteiger partial charge on any atom is 0.0708 e. The van der Waals surface area contributed by atoms with Crippen molar-refractivity contribution >= 4 is 10.9 Å². The van der Waals surface area contributed by atoms with E-state index >= 15 is 0 Å². The molecule has 0 aliphatic heterocycles.